The molecule has 2 aromatic heterocycles. The molecule has 1 fully saturated rings. The Morgan fingerprint density at radius 3 is 3.00 bits per heavy atom. The summed E-state index contributed by atoms with van der Waals surface area (Å²) in [5, 5.41) is 8.22. The third-order valence-corrected chi connectivity index (χ3v) is 3.91. The molecule has 17 heavy (non-hydrogen) atoms. The first-order valence-corrected chi connectivity index (χ1v) is 6.68. The van der Waals surface area contributed by atoms with Crippen LogP contribution in [-0.2, 0) is 0 Å². The van der Waals surface area contributed by atoms with E-state index >= 15 is 0 Å². The fourth-order valence-electron chi connectivity index (χ4n) is 2.24. The number of carbonyl (C=O) groups excluding carboxylic acids is 1. The van der Waals surface area contributed by atoms with Crippen LogP contribution in [-0.4, -0.2) is 26.5 Å². The Hall–Kier alpha value is -1.43. The van der Waals surface area contributed by atoms with E-state index in [1.165, 1.54) is 24.2 Å². The second kappa shape index (κ2) is 4.10. The van der Waals surface area contributed by atoms with Gasteiger partial charge in [0.1, 0.15) is 10.7 Å². The van der Waals surface area contributed by atoms with Crippen molar-refractivity contribution in [1.29, 1.82) is 0 Å². The van der Waals surface area contributed by atoms with Crippen molar-refractivity contribution < 1.29 is 4.79 Å². The summed E-state index contributed by atoms with van der Waals surface area (Å²) in [5.74, 6) is -0.0766. The molecule has 1 aliphatic carbocycles. The van der Waals surface area contributed by atoms with Gasteiger partial charge in [-0.3, -0.25) is 4.79 Å². The van der Waals surface area contributed by atoms with Gasteiger partial charge in [-0.25, -0.2) is 9.50 Å². The molecule has 1 saturated carbocycles. The number of amides is 1. The Kier molecular flexibility index (Phi) is 2.58. The van der Waals surface area contributed by atoms with Crippen molar-refractivity contribution in [3.05, 3.63) is 16.9 Å². The van der Waals surface area contributed by atoms with Gasteiger partial charge in [0, 0.05) is 6.04 Å². The maximum atomic E-state index is 11.9. The van der Waals surface area contributed by atoms with Gasteiger partial charge >= 0.3 is 0 Å². The average Bonchev–Trinajstić information content (AvgIpc) is 2.92. The summed E-state index contributed by atoms with van der Waals surface area (Å²) in [6, 6.07) is 0.330. The van der Waals surface area contributed by atoms with Crippen LogP contribution in [0.5, 0.6) is 0 Å². The van der Waals surface area contributed by atoms with Gasteiger partial charge in [0.25, 0.3) is 5.91 Å². The van der Waals surface area contributed by atoms with Crippen molar-refractivity contribution in [2.75, 3.05) is 0 Å². The Bertz CT molecular complexity index is 521. The van der Waals surface area contributed by atoms with E-state index in [0.29, 0.717) is 11.7 Å². The molecule has 0 radical (unpaired) electrons. The van der Waals surface area contributed by atoms with Crippen LogP contribution in [0.1, 0.15) is 41.2 Å². The molecule has 2 heterocycles. The molecule has 1 aliphatic rings. The standard InChI is InChI=1S/C11H14N4OS/c1-7-14-15-6-9(13-11(15)17-7)10(16)12-8-4-2-3-5-8/h6,8H,2-5H2,1H3,(H,12,16). The van der Waals surface area contributed by atoms with Gasteiger partial charge < -0.3 is 5.32 Å². The number of rotatable bonds is 2. The first-order valence-electron chi connectivity index (χ1n) is 5.86. The van der Waals surface area contributed by atoms with E-state index in [2.05, 4.69) is 15.4 Å². The fraction of sp³-hybridized carbons (Fsp3) is 0.545. The zero-order valence-electron chi connectivity index (χ0n) is 9.64. The number of fused-ring (bicyclic) bond motifs is 1. The molecule has 0 atom stereocenters. The minimum absolute atomic E-state index is 0.0766. The number of nitrogens with one attached hydrogen (secondary N) is 1. The smallest absolute Gasteiger partial charge is 0.271 e. The van der Waals surface area contributed by atoms with Gasteiger partial charge in [-0.15, -0.1) is 0 Å². The molecule has 2 aromatic rings. The number of hydrogen-bond acceptors (Lipinski definition) is 4. The third kappa shape index (κ3) is 2.04. The molecule has 0 aliphatic heterocycles. The van der Waals surface area contributed by atoms with Crippen LogP contribution in [0.2, 0.25) is 0 Å². The van der Waals surface area contributed by atoms with E-state index in [4.69, 9.17) is 0 Å². The van der Waals surface area contributed by atoms with Gasteiger partial charge in [-0.05, 0) is 19.8 Å². The van der Waals surface area contributed by atoms with E-state index in [1.54, 1.807) is 10.7 Å². The van der Waals surface area contributed by atoms with E-state index in [1.807, 2.05) is 6.92 Å². The first kappa shape index (κ1) is 10.7. The fourth-order valence-corrected chi connectivity index (χ4v) is 2.96. The summed E-state index contributed by atoms with van der Waals surface area (Å²) < 4.78 is 1.67. The van der Waals surface area contributed by atoms with Crippen molar-refractivity contribution in [3.63, 3.8) is 0 Å². The predicted octanol–water partition coefficient (Wildman–Crippen LogP) is 1.77. The highest BCUT2D eigenvalue weighted by Gasteiger charge is 2.20. The Labute approximate surface area is 103 Å². The minimum atomic E-state index is -0.0766. The molecule has 1 amide bonds. The van der Waals surface area contributed by atoms with E-state index in [0.717, 1.165) is 22.8 Å². The summed E-state index contributed by atoms with van der Waals surface area (Å²) in [4.78, 5) is 17.0. The summed E-state index contributed by atoms with van der Waals surface area (Å²) in [5.41, 5.74) is 0.468. The third-order valence-electron chi connectivity index (χ3n) is 3.07. The van der Waals surface area contributed by atoms with Crippen LogP contribution in [0, 0.1) is 6.92 Å². The van der Waals surface area contributed by atoms with Gasteiger partial charge in [0.05, 0.1) is 6.20 Å². The Balaban J connectivity index is 1.77. The van der Waals surface area contributed by atoms with E-state index < -0.39 is 0 Å². The molecule has 0 spiro atoms. The molecule has 0 saturated heterocycles. The van der Waals surface area contributed by atoms with Crippen LogP contribution in [0.25, 0.3) is 4.96 Å². The van der Waals surface area contributed by atoms with E-state index in [-0.39, 0.29) is 5.91 Å². The zero-order valence-corrected chi connectivity index (χ0v) is 10.5. The van der Waals surface area contributed by atoms with Crippen LogP contribution in [0.3, 0.4) is 0 Å². The largest absolute Gasteiger partial charge is 0.348 e. The molecule has 0 aromatic carbocycles. The Morgan fingerprint density at radius 1 is 1.53 bits per heavy atom. The first-order chi connectivity index (χ1) is 8.22. The highest BCUT2D eigenvalue weighted by atomic mass is 32.1. The lowest BCUT2D eigenvalue weighted by Gasteiger charge is -2.09. The number of nitrogens with zero attached hydrogens (tertiary/aromatic N) is 3. The van der Waals surface area contributed by atoms with Gasteiger partial charge in [-0.1, -0.05) is 24.2 Å². The average molecular weight is 250 g/mol. The summed E-state index contributed by atoms with van der Waals surface area (Å²) in [6.07, 6.45) is 6.30. The van der Waals surface area contributed by atoms with Crippen molar-refractivity contribution in [2.24, 2.45) is 0 Å². The van der Waals surface area contributed by atoms with Crippen LogP contribution in [0.4, 0.5) is 0 Å². The van der Waals surface area contributed by atoms with Gasteiger partial charge in [-0.2, -0.15) is 5.10 Å². The van der Waals surface area contributed by atoms with Gasteiger partial charge in [0.2, 0.25) is 4.96 Å². The monoisotopic (exact) mass is 250 g/mol. The summed E-state index contributed by atoms with van der Waals surface area (Å²) in [6.45, 7) is 1.93. The lowest BCUT2D eigenvalue weighted by molar-refractivity contribution is 0.0933. The normalized spacial score (nSPS) is 16.8. The van der Waals surface area contributed by atoms with Crippen molar-refractivity contribution in [2.45, 2.75) is 38.6 Å². The zero-order chi connectivity index (χ0) is 11.8. The molecule has 90 valence electrons. The molecular formula is C11H14N4OS. The minimum Gasteiger partial charge on any atom is -0.348 e. The SMILES string of the molecule is Cc1nn2cc(C(=O)NC3CCCC3)nc2s1. The van der Waals surface area contributed by atoms with Crippen molar-refractivity contribution >= 4 is 22.2 Å². The number of carbonyl (C=O) groups is 1. The summed E-state index contributed by atoms with van der Waals surface area (Å²) >= 11 is 1.49. The lowest BCUT2D eigenvalue weighted by Crippen LogP contribution is -2.32. The molecule has 5 nitrogen and oxygen atoms in total. The lowest BCUT2D eigenvalue weighted by atomic mass is 10.2. The number of aryl methyl sites for hydroxylation is 1. The molecule has 0 bridgehead atoms. The second-order valence-electron chi connectivity index (χ2n) is 4.43. The van der Waals surface area contributed by atoms with E-state index in [9.17, 15) is 4.79 Å². The maximum Gasteiger partial charge on any atom is 0.271 e. The Morgan fingerprint density at radius 2 is 2.29 bits per heavy atom. The molecule has 1 N–H and O–H groups in total. The van der Waals surface area contributed by atoms with Crippen LogP contribution in [0.15, 0.2) is 6.20 Å². The predicted molar refractivity (Wildman–Crippen MR) is 65.3 cm³/mol. The van der Waals surface area contributed by atoms with Crippen LogP contribution < -0.4 is 5.32 Å². The van der Waals surface area contributed by atoms with Crippen LogP contribution >= 0.6 is 11.3 Å². The quantitative estimate of drug-likeness (QED) is 0.883. The molecule has 3 rings (SSSR count). The van der Waals surface area contributed by atoms with Crippen molar-refractivity contribution in [1.82, 2.24) is 19.9 Å². The molecule has 6 heteroatoms. The number of aromatic nitrogens is 3. The van der Waals surface area contributed by atoms with Gasteiger partial charge in [0.15, 0.2) is 0 Å². The van der Waals surface area contributed by atoms with Crippen molar-refractivity contribution in [3.8, 4) is 0 Å². The number of imidazole rings is 1. The topological polar surface area (TPSA) is 59.3 Å². The summed E-state index contributed by atoms with van der Waals surface area (Å²) in [7, 11) is 0. The molecular weight excluding hydrogens is 236 g/mol. The molecule has 0 unspecified atom stereocenters. The number of hydrogen-bond donors (Lipinski definition) is 1. The highest BCUT2D eigenvalue weighted by Crippen LogP contribution is 2.18. The maximum absolute atomic E-state index is 11.9. The second-order valence-corrected chi connectivity index (χ2v) is 5.59. The highest BCUT2D eigenvalue weighted by molar-refractivity contribution is 7.16.